The van der Waals surface area contributed by atoms with E-state index in [4.69, 9.17) is 0 Å². The Bertz CT molecular complexity index is 831. The van der Waals surface area contributed by atoms with E-state index >= 15 is 0 Å². The van der Waals surface area contributed by atoms with Crippen LogP contribution in [0.2, 0.25) is 0 Å². The summed E-state index contributed by atoms with van der Waals surface area (Å²) in [5.74, 6) is 0. The third kappa shape index (κ3) is 5.58. The van der Waals surface area contributed by atoms with Gasteiger partial charge in [0.05, 0.1) is 4.90 Å². The summed E-state index contributed by atoms with van der Waals surface area (Å²) in [6.45, 7) is 5.92. The molecular formula is C18H23N3O3S. The number of nitrogens with one attached hydrogen (secondary N) is 3. The van der Waals surface area contributed by atoms with E-state index in [0.717, 1.165) is 11.1 Å². The van der Waals surface area contributed by atoms with Crippen LogP contribution in [-0.2, 0) is 16.6 Å². The van der Waals surface area contributed by atoms with Crippen LogP contribution in [0.3, 0.4) is 0 Å². The van der Waals surface area contributed by atoms with Gasteiger partial charge in [-0.15, -0.1) is 0 Å². The fourth-order valence-electron chi connectivity index (χ4n) is 2.25. The van der Waals surface area contributed by atoms with Crippen LogP contribution in [0.4, 0.5) is 10.5 Å². The van der Waals surface area contributed by atoms with Gasteiger partial charge in [0.15, 0.2) is 0 Å². The second-order valence-corrected chi connectivity index (χ2v) is 7.75. The molecule has 0 saturated carbocycles. The first-order chi connectivity index (χ1) is 11.8. The molecule has 0 fully saturated rings. The van der Waals surface area contributed by atoms with E-state index < -0.39 is 10.0 Å². The van der Waals surface area contributed by atoms with Gasteiger partial charge in [0.2, 0.25) is 10.0 Å². The Kier molecular flexibility index (Phi) is 6.17. The van der Waals surface area contributed by atoms with Crippen LogP contribution < -0.4 is 15.4 Å². The third-order valence-electron chi connectivity index (χ3n) is 3.51. The lowest BCUT2D eigenvalue weighted by Crippen LogP contribution is -2.30. The molecule has 0 spiro atoms. The minimum Gasteiger partial charge on any atom is -0.334 e. The number of carbonyl (C=O) groups is 1. The highest BCUT2D eigenvalue weighted by Crippen LogP contribution is 2.14. The highest BCUT2D eigenvalue weighted by molar-refractivity contribution is 7.89. The number of carbonyl (C=O) groups excluding carboxylic acids is 1. The van der Waals surface area contributed by atoms with E-state index in [1.54, 1.807) is 26.0 Å². The molecular weight excluding hydrogens is 338 g/mol. The van der Waals surface area contributed by atoms with Gasteiger partial charge in [-0.05, 0) is 56.2 Å². The molecule has 0 aliphatic heterocycles. The fraction of sp³-hybridized carbons (Fsp3) is 0.278. The molecule has 2 rings (SSSR count). The molecule has 0 aromatic heterocycles. The topological polar surface area (TPSA) is 87.3 Å². The van der Waals surface area contributed by atoms with Crippen molar-refractivity contribution in [2.45, 2.75) is 38.3 Å². The predicted molar refractivity (Wildman–Crippen MR) is 98.9 cm³/mol. The first kappa shape index (κ1) is 19.0. The first-order valence-corrected chi connectivity index (χ1v) is 9.48. The highest BCUT2D eigenvalue weighted by atomic mass is 32.2. The Balaban J connectivity index is 1.94. The zero-order valence-electron chi connectivity index (χ0n) is 14.5. The zero-order valence-corrected chi connectivity index (χ0v) is 15.4. The molecule has 0 atom stereocenters. The second kappa shape index (κ2) is 8.13. The first-order valence-electron chi connectivity index (χ1n) is 7.99. The number of aryl methyl sites for hydroxylation is 1. The summed E-state index contributed by atoms with van der Waals surface area (Å²) in [4.78, 5) is 12.1. The quantitative estimate of drug-likeness (QED) is 0.739. The monoisotopic (exact) mass is 361 g/mol. The minimum atomic E-state index is -3.53. The molecule has 2 amide bonds. The predicted octanol–water partition coefficient (Wildman–Crippen LogP) is 3.00. The highest BCUT2D eigenvalue weighted by Gasteiger charge is 2.15. The summed E-state index contributed by atoms with van der Waals surface area (Å²) >= 11 is 0. The lowest BCUT2D eigenvalue weighted by Gasteiger charge is -2.11. The summed E-state index contributed by atoms with van der Waals surface area (Å²) in [5.41, 5.74) is 2.67. The van der Waals surface area contributed by atoms with Crippen molar-refractivity contribution in [3.63, 3.8) is 0 Å². The van der Waals surface area contributed by atoms with Crippen LogP contribution in [0.15, 0.2) is 53.4 Å². The number of rotatable bonds is 6. The Labute approximate surface area is 148 Å². The number of sulfonamides is 1. The van der Waals surface area contributed by atoms with Gasteiger partial charge in [-0.1, -0.05) is 24.3 Å². The lowest BCUT2D eigenvalue weighted by molar-refractivity contribution is 0.251. The SMILES string of the molecule is Cc1ccccc1CNC(=O)Nc1ccc(S(=O)(=O)NC(C)C)cc1. The van der Waals surface area contributed by atoms with E-state index in [1.807, 2.05) is 31.2 Å². The number of urea groups is 1. The van der Waals surface area contributed by atoms with Crippen LogP contribution in [0.1, 0.15) is 25.0 Å². The molecule has 0 bridgehead atoms. The van der Waals surface area contributed by atoms with Crippen molar-refractivity contribution in [1.82, 2.24) is 10.0 Å². The Hall–Kier alpha value is -2.38. The number of hydrogen-bond donors (Lipinski definition) is 3. The van der Waals surface area contributed by atoms with Crippen molar-refractivity contribution in [1.29, 1.82) is 0 Å². The van der Waals surface area contributed by atoms with E-state index in [2.05, 4.69) is 15.4 Å². The second-order valence-electron chi connectivity index (χ2n) is 6.03. The van der Waals surface area contributed by atoms with Crippen molar-refractivity contribution < 1.29 is 13.2 Å². The molecule has 25 heavy (non-hydrogen) atoms. The Morgan fingerprint density at radius 3 is 2.28 bits per heavy atom. The van der Waals surface area contributed by atoms with Crippen LogP contribution in [0, 0.1) is 6.92 Å². The molecule has 0 heterocycles. The fourth-order valence-corrected chi connectivity index (χ4v) is 3.51. The molecule has 134 valence electrons. The normalized spacial score (nSPS) is 11.4. The van der Waals surface area contributed by atoms with Crippen molar-refractivity contribution in [3.05, 3.63) is 59.7 Å². The van der Waals surface area contributed by atoms with Crippen LogP contribution >= 0.6 is 0 Å². The van der Waals surface area contributed by atoms with Crippen molar-refractivity contribution in [3.8, 4) is 0 Å². The maximum Gasteiger partial charge on any atom is 0.319 e. The molecule has 0 aliphatic rings. The van der Waals surface area contributed by atoms with Gasteiger partial charge in [0.1, 0.15) is 0 Å². The Morgan fingerprint density at radius 1 is 1.04 bits per heavy atom. The van der Waals surface area contributed by atoms with Crippen molar-refractivity contribution >= 4 is 21.7 Å². The largest absolute Gasteiger partial charge is 0.334 e. The molecule has 0 radical (unpaired) electrons. The smallest absolute Gasteiger partial charge is 0.319 e. The van der Waals surface area contributed by atoms with Gasteiger partial charge in [0.25, 0.3) is 0 Å². The number of hydrogen-bond acceptors (Lipinski definition) is 3. The third-order valence-corrected chi connectivity index (χ3v) is 5.19. The maximum absolute atomic E-state index is 12.1. The molecule has 6 nitrogen and oxygen atoms in total. The summed E-state index contributed by atoms with van der Waals surface area (Å²) in [7, 11) is -3.53. The summed E-state index contributed by atoms with van der Waals surface area (Å²) in [5, 5.41) is 5.46. The average Bonchev–Trinajstić information content (AvgIpc) is 2.53. The van der Waals surface area contributed by atoms with Crippen LogP contribution in [0.5, 0.6) is 0 Å². The molecule has 2 aromatic carbocycles. The molecule has 7 heteroatoms. The van der Waals surface area contributed by atoms with Crippen molar-refractivity contribution in [2.24, 2.45) is 0 Å². The number of benzene rings is 2. The lowest BCUT2D eigenvalue weighted by atomic mass is 10.1. The van der Waals surface area contributed by atoms with E-state index in [1.165, 1.54) is 12.1 Å². The number of anilines is 1. The number of amides is 2. The van der Waals surface area contributed by atoms with E-state index in [9.17, 15) is 13.2 Å². The maximum atomic E-state index is 12.1. The molecule has 0 unspecified atom stereocenters. The van der Waals surface area contributed by atoms with Gasteiger partial charge in [-0.25, -0.2) is 17.9 Å². The van der Waals surface area contributed by atoms with Gasteiger partial charge in [-0.2, -0.15) is 0 Å². The van der Waals surface area contributed by atoms with Crippen molar-refractivity contribution in [2.75, 3.05) is 5.32 Å². The Morgan fingerprint density at radius 2 is 1.68 bits per heavy atom. The standard InChI is InChI=1S/C18H23N3O3S/c1-13(2)21-25(23,24)17-10-8-16(9-11-17)20-18(22)19-12-15-7-5-4-6-14(15)3/h4-11,13,21H,12H2,1-3H3,(H2,19,20,22). The molecule has 0 saturated heterocycles. The summed E-state index contributed by atoms with van der Waals surface area (Å²) in [6, 6.07) is 13.3. The average molecular weight is 361 g/mol. The summed E-state index contributed by atoms with van der Waals surface area (Å²) < 4.78 is 26.6. The molecule has 2 aromatic rings. The van der Waals surface area contributed by atoms with Gasteiger partial charge >= 0.3 is 6.03 Å². The zero-order chi connectivity index (χ0) is 18.4. The minimum absolute atomic E-state index is 0.159. The van der Waals surface area contributed by atoms with E-state index in [-0.39, 0.29) is 17.0 Å². The van der Waals surface area contributed by atoms with Gasteiger partial charge in [0, 0.05) is 18.3 Å². The molecule has 0 aliphatic carbocycles. The van der Waals surface area contributed by atoms with Gasteiger partial charge in [-0.3, -0.25) is 0 Å². The summed E-state index contributed by atoms with van der Waals surface area (Å²) in [6.07, 6.45) is 0. The molecule has 3 N–H and O–H groups in total. The van der Waals surface area contributed by atoms with Gasteiger partial charge < -0.3 is 10.6 Å². The van der Waals surface area contributed by atoms with E-state index in [0.29, 0.717) is 12.2 Å². The van der Waals surface area contributed by atoms with Crippen LogP contribution in [-0.4, -0.2) is 20.5 Å². The van der Waals surface area contributed by atoms with Crippen LogP contribution in [0.25, 0.3) is 0 Å².